The van der Waals surface area contributed by atoms with Crippen LogP contribution in [0.3, 0.4) is 0 Å². The number of nitrogens with zero attached hydrogens (tertiary/aromatic N) is 1. The van der Waals surface area contributed by atoms with Crippen LogP contribution in [0.15, 0.2) is 54.1 Å². The fourth-order valence-electron chi connectivity index (χ4n) is 2.80. The summed E-state index contributed by atoms with van der Waals surface area (Å²) in [7, 11) is 1.53. The van der Waals surface area contributed by atoms with Crippen molar-refractivity contribution in [1.82, 2.24) is 5.32 Å². The SMILES string of the molecule is COc1cccc(C=C2C(=O)NC(=O)N(c3ccc(C(C)C)cc3)C2=O)c1. The van der Waals surface area contributed by atoms with E-state index in [1.807, 2.05) is 12.1 Å². The van der Waals surface area contributed by atoms with Crippen molar-refractivity contribution in [2.45, 2.75) is 19.8 Å². The molecule has 6 nitrogen and oxygen atoms in total. The summed E-state index contributed by atoms with van der Waals surface area (Å²) < 4.78 is 5.16. The second-order valence-corrected chi connectivity index (χ2v) is 6.48. The summed E-state index contributed by atoms with van der Waals surface area (Å²) >= 11 is 0. The molecule has 1 aliphatic heterocycles. The lowest BCUT2D eigenvalue weighted by Crippen LogP contribution is -2.54. The molecule has 1 saturated heterocycles. The highest BCUT2D eigenvalue weighted by atomic mass is 16.5. The van der Waals surface area contributed by atoms with Gasteiger partial charge in [0, 0.05) is 0 Å². The summed E-state index contributed by atoms with van der Waals surface area (Å²) in [6.07, 6.45) is 1.45. The summed E-state index contributed by atoms with van der Waals surface area (Å²) in [5.41, 5.74) is 2.01. The minimum Gasteiger partial charge on any atom is -0.497 e. The molecule has 1 fully saturated rings. The van der Waals surface area contributed by atoms with Gasteiger partial charge in [0.2, 0.25) is 0 Å². The Balaban J connectivity index is 1.97. The number of carbonyl (C=O) groups excluding carboxylic acids is 3. The third kappa shape index (κ3) is 3.74. The number of hydrogen-bond donors (Lipinski definition) is 1. The molecule has 27 heavy (non-hydrogen) atoms. The molecule has 6 heteroatoms. The van der Waals surface area contributed by atoms with Gasteiger partial charge in [-0.3, -0.25) is 14.9 Å². The minimum atomic E-state index is -0.759. The molecular weight excluding hydrogens is 344 g/mol. The van der Waals surface area contributed by atoms with Gasteiger partial charge in [-0.1, -0.05) is 38.1 Å². The quantitative estimate of drug-likeness (QED) is 0.666. The van der Waals surface area contributed by atoms with Crippen LogP contribution >= 0.6 is 0 Å². The topological polar surface area (TPSA) is 75.7 Å². The normalized spacial score (nSPS) is 16.1. The molecule has 0 radical (unpaired) electrons. The minimum absolute atomic E-state index is 0.115. The van der Waals surface area contributed by atoms with Gasteiger partial charge in [-0.2, -0.15) is 0 Å². The lowest BCUT2D eigenvalue weighted by atomic mass is 10.0. The molecule has 0 unspecified atom stereocenters. The standard InChI is InChI=1S/C21H20N2O4/c1-13(2)15-7-9-16(10-8-15)23-20(25)18(19(24)22-21(23)26)12-14-5-4-6-17(11-14)27-3/h4-13H,1-3H3,(H,22,24,26). The van der Waals surface area contributed by atoms with Crippen molar-refractivity contribution in [1.29, 1.82) is 0 Å². The van der Waals surface area contributed by atoms with Crippen LogP contribution < -0.4 is 15.0 Å². The first kappa shape index (κ1) is 18.4. The molecule has 3 rings (SSSR count). The van der Waals surface area contributed by atoms with Crippen molar-refractivity contribution in [2.24, 2.45) is 0 Å². The lowest BCUT2D eigenvalue weighted by Gasteiger charge is -2.26. The molecule has 2 aromatic rings. The van der Waals surface area contributed by atoms with Gasteiger partial charge >= 0.3 is 6.03 Å². The number of nitrogens with one attached hydrogen (secondary N) is 1. The molecule has 0 bridgehead atoms. The zero-order chi connectivity index (χ0) is 19.6. The van der Waals surface area contributed by atoms with E-state index >= 15 is 0 Å². The number of hydrogen-bond acceptors (Lipinski definition) is 4. The summed E-state index contributed by atoms with van der Waals surface area (Å²) in [5.74, 6) is -0.452. The summed E-state index contributed by atoms with van der Waals surface area (Å²) in [6, 6.07) is 13.3. The predicted octanol–water partition coefficient (Wildman–Crippen LogP) is 3.49. The van der Waals surface area contributed by atoms with Gasteiger partial charge in [0.1, 0.15) is 11.3 Å². The summed E-state index contributed by atoms with van der Waals surface area (Å²) in [6.45, 7) is 4.11. The second kappa shape index (κ2) is 7.45. The van der Waals surface area contributed by atoms with Crippen molar-refractivity contribution in [2.75, 3.05) is 12.0 Å². The Kier molecular flexibility index (Phi) is 5.07. The van der Waals surface area contributed by atoms with E-state index in [9.17, 15) is 14.4 Å². The Morgan fingerprint density at radius 1 is 1.04 bits per heavy atom. The molecule has 4 amide bonds. The van der Waals surface area contributed by atoms with Crippen LogP contribution in [0.2, 0.25) is 0 Å². The van der Waals surface area contributed by atoms with Gasteiger partial charge < -0.3 is 4.74 Å². The fraction of sp³-hybridized carbons (Fsp3) is 0.190. The average Bonchev–Trinajstić information content (AvgIpc) is 2.65. The van der Waals surface area contributed by atoms with Gasteiger partial charge in [-0.25, -0.2) is 9.69 Å². The van der Waals surface area contributed by atoms with Crippen LogP contribution in [-0.2, 0) is 9.59 Å². The van der Waals surface area contributed by atoms with Gasteiger partial charge in [0.25, 0.3) is 11.8 Å². The van der Waals surface area contributed by atoms with Crippen LogP contribution in [-0.4, -0.2) is 25.0 Å². The Labute approximate surface area is 157 Å². The maximum Gasteiger partial charge on any atom is 0.335 e. The monoisotopic (exact) mass is 364 g/mol. The van der Waals surface area contributed by atoms with Crippen LogP contribution in [0.4, 0.5) is 10.5 Å². The van der Waals surface area contributed by atoms with Crippen molar-refractivity contribution >= 4 is 29.6 Å². The number of ether oxygens (including phenoxy) is 1. The molecule has 138 valence electrons. The summed E-state index contributed by atoms with van der Waals surface area (Å²) in [5, 5.41) is 2.22. The average molecular weight is 364 g/mol. The Morgan fingerprint density at radius 3 is 2.37 bits per heavy atom. The smallest absolute Gasteiger partial charge is 0.335 e. The highest BCUT2D eigenvalue weighted by molar-refractivity contribution is 6.39. The van der Waals surface area contributed by atoms with E-state index in [-0.39, 0.29) is 5.57 Å². The fourth-order valence-corrected chi connectivity index (χ4v) is 2.80. The molecule has 1 aliphatic rings. The molecule has 2 aromatic carbocycles. The van der Waals surface area contributed by atoms with E-state index in [0.717, 1.165) is 10.5 Å². The first-order chi connectivity index (χ1) is 12.9. The van der Waals surface area contributed by atoms with E-state index < -0.39 is 17.8 Å². The number of barbiturate groups is 1. The summed E-state index contributed by atoms with van der Waals surface area (Å²) in [4.78, 5) is 38.3. The van der Waals surface area contributed by atoms with Crippen molar-refractivity contribution in [3.63, 3.8) is 0 Å². The van der Waals surface area contributed by atoms with Crippen LogP contribution in [0.25, 0.3) is 6.08 Å². The highest BCUT2D eigenvalue weighted by Crippen LogP contribution is 2.25. The van der Waals surface area contributed by atoms with Gasteiger partial charge in [-0.05, 0) is 47.4 Å². The third-order valence-corrected chi connectivity index (χ3v) is 4.32. The maximum atomic E-state index is 12.9. The van der Waals surface area contributed by atoms with E-state index in [2.05, 4.69) is 19.2 Å². The molecule has 0 spiro atoms. The predicted molar refractivity (Wildman–Crippen MR) is 103 cm³/mol. The molecule has 1 N–H and O–H groups in total. The second-order valence-electron chi connectivity index (χ2n) is 6.48. The number of rotatable bonds is 4. The van der Waals surface area contributed by atoms with Crippen LogP contribution in [0, 0.1) is 0 Å². The number of urea groups is 1. The third-order valence-electron chi connectivity index (χ3n) is 4.32. The Hall–Kier alpha value is -3.41. The van der Waals surface area contributed by atoms with Gasteiger partial charge in [0.15, 0.2) is 0 Å². The number of imide groups is 2. The molecule has 0 aliphatic carbocycles. The van der Waals surface area contributed by atoms with E-state index in [4.69, 9.17) is 4.74 Å². The number of methoxy groups -OCH3 is 1. The van der Waals surface area contributed by atoms with Crippen LogP contribution in [0.5, 0.6) is 5.75 Å². The Morgan fingerprint density at radius 2 is 1.74 bits per heavy atom. The zero-order valence-electron chi connectivity index (χ0n) is 15.4. The van der Waals surface area contributed by atoms with E-state index in [0.29, 0.717) is 22.9 Å². The maximum absolute atomic E-state index is 12.9. The van der Waals surface area contributed by atoms with E-state index in [1.165, 1.54) is 13.2 Å². The molecular formula is C21H20N2O4. The largest absolute Gasteiger partial charge is 0.497 e. The molecule has 0 atom stereocenters. The lowest BCUT2D eigenvalue weighted by molar-refractivity contribution is -0.122. The number of benzene rings is 2. The van der Waals surface area contributed by atoms with Gasteiger partial charge in [0.05, 0.1) is 12.8 Å². The number of carbonyl (C=O) groups is 3. The van der Waals surface area contributed by atoms with Crippen molar-refractivity contribution < 1.29 is 19.1 Å². The highest BCUT2D eigenvalue weighted by Gasteiger charge is 2.36. The molecule has 1 heterocycles. The van der Waals surface area contributed by atoms with E-state index in [1.54, 1.807) is 36.4 Å². The first-order valence-corrected chi connectivity index (χ1v) is 8.56. The van der Waals surface area contributed by atoms with Gasteiger partial charge in [-0.15, -0.1) is 0 Å². The van der Waals surface area contributed by atoms with Crippen molar-refractivity contribution in [3.05, 3.63) is 65.2 Å². The Bertz CT molecular complexity index is 929. The number of anilines is 1. The molecule has 0 aromatic heterocycles. The van der Waals surface area contributed by atoms with Crippen LogP contribution in [0.1, 0.15) is 30.9 Å². The van der Waals surface area contributed by atoms with Crippen molar-refractivity contribution in [3.8, 4) is 5.75 Å². The first-order valence-electron chi connectivity index (χ1n) is 8.56. The molecule has 0 saturated carbocycles. The zero-order valence-corrected chi connectivity index (χ0v) is 15.4. The number of amides is 4.